The summed E-state index contributed by atoms with van der Waals surface area (Å²) in [5, 5.41) is 2.83. The van der Waals surface area contributed by atoms with Crippen molar-refractivity contribution in [2.45, 2.75) is 26.0 Å². The van der Waals surface area contributed by atoms with E-state index < -0.39 is 24.0 Å². The van der Waals surface area contributed by atoms with Crippen LogP contribution in [-0.4, -0.2) is 16.4 Å². The van der Waals surface area contributed by atoms with Crippen molar-refractivity contribution in [1.82, 2.24) is 9.78 Å². The van der Waals surface area contributed by atoms with Gasteiger partial charge in [0.2, 0.25) is 0 Å². The summed E-state index contributed by atoms with van der Waals surface area (Å²) in [7, 11) is 0. The summed E-state index contributed by atoms with van der Waals surface area (Å²) in [6.07, 6.45) is 1.94. The molecular weight excluding hydrogens is 425 g/mol. The molecular formula is C19H16BrF3N2O2. The van der Waals surface area contributed by atoms with E-state index in [1.54, 1.807) is 25.1 Å². The normalized spacial score (nSPS) is 12.5. The zero-order chi connectivity index (χ0) is 19.7. The lowest BCUT2D eigenvalue weighted by atomic mass is 10.0. The summed E-state index contributed by atoms with van der Waals surface area (Å²) >= 11 is 3.11. The first kappa shape index (κ1) is 19.3. The van der Waals surface area contributed by atoms with Crippen molar-refractivity contribution in [3.05, 3.63) is 74.8 Å². The van der Waals surface area contributed by atoms with Gasteiger partial charge >= 0.3 is 6.61 Å². The molecule has 8 heteroatoms. The molecule has 1 aromatic heterocycles. The van der Waals surface area contributed by atoms with Crippen molar-refractivity contribution < 1.29 is 17.9 Å². The number of hydrogen-bond acceptors (Lipinski definition) is 2. The molecule has 0 saturated carbocycles. The standard InChI is InChI=1S/C19H16BrF3N2O2/c1-3-4-15(11-6-5-10(2)7-17(11)27-19(22)23)25-16-9-13(20)14(21)8-12(16)18(26)24-25/h3,5-9,15,19H,1,4H2,2H3,(H,24,26). The molecule has 0 spiro atoms. The second-order valence-corrected chi connectivity index (χ2v) is 6.91. The van der Waals surface area contributed by atoms with Gasteiger partial charge in [-0.1, -0.05) is 18.2 Å². The number of hydrogen-bond donors (Lipinski definition) is 1. The number of aryl methyl sites for hydroxylation is 1. The zero-order valence-corrected chi connectivity index (χ0v) is 15.9. The fourth-order valence-electron chi connectivity index (χ4n) is 3.04. The molecule has 1 N–H and O–H groups in total. The van der Waals surface area contributed by atoms with Gasteiger partial charge in [-0.05, 0) is 53.0 Å². The van der Waals surface area contributed by atoms with E-state index in [0.717, 1.165) is 11.6 Å². The summed E-state index contributed by atoms with van der Waals surface area (Å²) < 4.78 is 46.0. The van der Waals surface area contributed by atoms with Crippen molar-refractivity contribution in [1.29, 1.82) is 0 Å². The van der Waals surface area contributed by atoms with E-state index in [4.69, 9.17) is 4.74 Å². The van der Waals surface area contributed by atoms with E-state index in [1.807, 2.05) is 0 Å². The van der Waals surface area contributed by atoms with Crippen LogP contribution in [0.25, 0.3) is 10.9 Å². The quantitative estimate of drug-likeness (QED) is 0.528. The maximum atomic E-state index is 13.8. The van der Waals surface area contributed by atoms with Crippen LogP contribution < -0.4 is 10.3 Å². The van der Waals surface area contributed by atoms with Gasteiger partial charge in [-0.3, -0.25) is 14.6 Å². The van der Waals surface area contributed by atoms with Crippen molar-refractivity contribution in [3.63, 3.8) is 0 Å². The minimum atomic E-state index is -2.99. The predicted molar refractivity (Wildman–Crippen MR) is 101 cm³/mol. The Labute approximate surface area is 161 Å². The number of fused-ring (bicyclic) bond motifs is 1. The highest BCUT2D eigenvalue weighted by Gasteiger charge is 2.23. The molecule has 3 rings (SSSR count). The highest BCUT2D eigenvalue weighted by molar-refractivity contribution is 9.10. The molecule has 0 aliphatic rings. The topological polar surface area (TPSA) is 47.0 Å². The van der Waals surface area contributed by atoms with Crippen molar-refractivity contribution in [2.75, 3.05) is 0 Å². The highest BCUT2D eigenvalue weighted by atomic mass is 79.9. The van der Waals surface area contributed by atoms with E-state index in [2.05, 4.69) is 27.6 Å². The predicted octanol–water partition coefficient (Wildman–Crippen LogP) is 5.31. The van der Waals surface area contributed by atoms with Crippen molar-refractivity contribution in [2.24, 2.45) is 0 Å². The minimum absolute atomic E-state index is 0.0146. The van der Waals surface area contributed by atoms with Gasteiger partial charge in [0.05, 0.1) is 21.4 Å². The van der Waals surface area contributed by atoms with E-state index in [0.29, 0.717) is 17.5 Å². The monoisotopic (exact) mass is 440 g/mol. The van der Waals surface area contributed by atoms with Crippen LogP contribution in [-0.2, 0) is 0 Å². The molecule has 4 nitrogen and oxygen atoms in total. The number of halogens is 4. The smallest absolute Gasteiger partial charge is 0.387 e. The SMILES string of the molecule is C=CCC(c1ccc(C)cc1OC(F)F)n1[nH]c(=O)c2cc(F)c(Br)cc21. The largest absolute Gasteiger partial charge is 0.434 e. The Morgan fingerprint density at radius 2 is 2.07 bits per heavy atom. The van der Waals surface area contributed by atoms with E-state index in [9.17, 15) is 18.0 Å². The van der Waals surface area contributed by atoms with E-state index >= 15 is 0 Å². The summed E-state index contributed by atoms with van der Waals surface area (Å²) in [6, 6.07) is 6.98. The second kappa shape index (κ2) is 7.64. The molecule has 0 fully saturated rings. The number of allylic oxidation sites excluding steroid dienone is 1. The fraction of sp³-hybridized carbons (Fsp3) is 0.211. The lowest BCUT2D eigenvalue weighted by molar-refractivity contribution is -0.0507. The third-order valence-corrected chi connectivity index (χ3v) is 4.82. The molecule has 27 heavy (non-hydrogen) atoms. The van der Waals surface area contributed by atoms with Crippen LogP contribution in [0.2, 0.25) is 0 Å². The molecule has 0 radical (unpaired) electrons. The first-order chi connectivity index (χ1) is 12.8. The highest BCUT2D eigenvalue weighted by Crippen LogP contribution is 2.34. The van der Waals surface area contributed by atoms with Crippen LogP contribution in [0.1, 0.15) is 23.6 Å². The molecule has 1 heterocycles. The van der Waals surface area contributed by atoms with Crippen LogP contribution in [0.15, 0.2) is 52.3 Å². The van der Waals surface area contributed by atoms with Gasteiger partial charge in [0.1, 0.15) is 11.6 Å². The molecule has 0 aliphatic carbocycles. The van der Waals surface area contributed by atoms with Crippen molar-refractivity contribution in [3.8, 4) is 5.75 Å². The summed E-state index contributed by atoms with van der Waals surface area (Å²) in [5.41, 5.74) is 1.16. The average molecular weight is 441 g/mol. The summed E-state index contributed by atoms with van der Waals surface area (Å²) in [6.45, 7) is 2.49. The lowest BCUT2D eigenvalue weighted by Gasteiger charge is -2.22. The Kier molecular flexibility index (Phi) is 5.46. The van der Waals surface area contributed by atoms with Crippen LogP contribution >= 0.6 is 15.9 Å². The average Bonchev–Trinajstić information content (AvgIpc) is 2.89. The van der Waals surface area contributed by atoms with E-state index in [1.165, 1.54) is 16.8 Å². The summed E-state index contributed by atoms with van der Waals surface area (Å²) in [4.78, 5) is 12.3. The van der Waals surface area contributed by atoms with Gasteiger partial charge in [0.15, 0.2) is 0 Å². The molecule has 0 amide bonds. The first-order valence-corrected chi connectivity index (χ1v) is 8.86. The number of ether oxygens (including phenoxy) is 1. The number of nitrogens with one attached hydrogen (secondary N) is 1. The maximum absolute atomic E-state index is 13.8. The molecule has 0 saturated heterocycles. The van der Waals surface area contributed by atoms with Crippen LogP contribution in [0.3, 0.4) is 0 Å². The maximum Gasteiger partial charge on any atom is 0.387 e. The number of rotatable bonds is 6. The Bertz CT molecular complexity index is 1060. The van der Waals surface area contributed by atoms with Gasteiger partial charge in [-0.15, -0.1) is 6.58 Å². The number of aromatic nitrogens is 2. The Hall–Kier alpha value is -2.48. The molecule has 142 valence electrons. The molecule has 0 bridgehead atoms. The second-order valence-electron chi connectivity index (χ2n) is 6.05. The Morgan fingerprint density at radius 1 is 1.33 bits per heavy atom. The number of H-pyrrole nitrogens is 1. The first-order valence-electron chi connectivity index (χ1n) is 8.07. The minimum Gasteiger partial charge on any atom is -0.434 e. The van der Waals surface area contributed by atoms with Gasteiger partial charge in [0, 0.05) is 5.56 Å². The Morgan fingerprint density at radius 3 is 2.74 bits per heavy atom. The molecule has 1 unspecified atom stereocenters. The van der Waals surface area contributed by atoms with Gasteiger partial charge in [0.25, 0.3) is 5.56 Å². The lowest BCUT2D eigenvalue weighted by Crippen LogP contribution is -2.16. The number of aromatic amines is 1. The Balaban J connectivity index is 2.24. The number of nitrogens with zero attached hydrogens (tertiary/aromatic N) is 1. The molecule has 2 aromatic carbocycles. The van der Waals surface area contributed by atoms with Crippen LogP contribution in [0, 0.1) is 12.7 Å². The van der Waals surface area contributed by atoms with Gasteiger partial charge < -0.3 is 4.74 Å². The van der Waals surface area contributed by atoms with Crippen LogP contribution in [0.5, 0.6) is 5.75 Å². The third-order valence-electron chi connectivity index (χ3n) is 4.21. The molecule has 0 aliphatic heterocycles. The third kappa shape index (κ3) is 3.80. The summed E-state index contributed by atoms with van der Waals surface area (Å²) in [5.74, 6) is -0.552. The van der Waals surface area contributed by atoms with Gasteiger partial charge in [-0.2, -0.15) is 8.78 Å². The van der Waals surface area contributed by atoms with E-state index in [-0.39, 0.29) is 15.6 Å². The van der Waals surface area contributed by atoms with Gasteiger partial charge in [-0.25, -0.2) is 4.39 Å². The number of benzene rings is 2. The zero-order valence-electron chi connectivity index (χ0n) is 14.3. The molecule has 1 atom stereocenters. The van der Waals surface area contributed by atoms with Crippen molar-refractivity contribution >= 4 is 26.8 Å². The number of alkyl halides is 2. The van der Waals surface area contributed by atoms with Crippen LogP contribution in [0.4, 0.5) is 13.2 Å². The fourth-order valence-corrected chi connectivity index (χ4v) is 3.37. The molecule has 3 aromatic rings.